The van der Waals surface area contributed by atoms with Crippen LogP contribution in [0.25, 0.3) is 0 Å². The molecule has 0 aromatic heterocycles. The first-order valence-electron chi connectivity index (χ1n) is 19.2. The Balaban J connectivity index is 1.49. The minimum atomic E-state index is -2.38. The molecule has 58 heavy (non-hydrogen) atoms. The molecule has 1 aliphatic heterocycles. The topological polar surface area (TPSA) is 221 Å². The molecule has 1 saturated heterocycles. The van der Waals surface area contributed by atoms with Gasteiger partial charge in [0.25, 0.3) is 5.78 Å². The number of carbonyl (C=O) groups excluding carboxylic acids is 6. The van der Waals surface area contributed by atoms with Crippen molar-refractivity contribution in [3.63, 3.8) is 0 Å². The number of Topliss-reactive ketones (excluding diaryl/α,β-unsaturated/α-hetero) is 2. The molecule has 0 radical (unpaired) electrons. The van der Waals surface area contributed by atoms with Gasteiger partial charge in [-0.2, -0.15) is 0 Å². The first-order chi connectivity index (χ1) is 27.0. The van der Waals surface area contributed by atoms with E-state index in [9.17, 15) is 44.1 Å². The number of carbonyl (C=O) groups is 6. The maximum atomic E-state index is 14.9. The molecule has 4 N–H and O–H groups in total. The van der Waals surface area contributed by atoms with Crippen LogP contribution in [0.5, 0.6) is 0 Å². The molecule has 15 nitrogen and oxygen atoms in total. The van der Waals surface area contributed by atoms with Gasteiger partial charge in [-0.3, -0.25) is 14.4 Å². The number of hydrogen-bond donors (Lipinski definition) is 4. The maximum Gasteiger partial charge on any atom is 0.408 e. The van der Waals surface area contributed by atoms with Crippen LogP contribution in [-0.2, 0) is 42.9 Å². The number of ketones is 2. The number of alkyl carbamates (subject to hydrolysis) is 1. The third kappa shape index (κ3) is 7.01. The quantitative estimate of drug-likeness (QED) is 0.130. The molecule has 2 bridgehead atoms. The number of amides is 1. The second-order valence-corrected chi connectivity index (χ2v) is 17.4. The van der Waals surface area contributed by atoms with Crippen LogP contribution < -0.4 is 5.32 Å². The van der Waals surface area contributed by atoms with E-state index in [-0.39, 0.29) is 35.3 Å². The Morgan fingerprint density at radius 3 is 2.09 bits per heavy atom. The number of aliphatic hydroxyl groups is 3. The van der Waals surface area contributed by atoms with Gasteiger partial charge < -0.3 is 44.3 Å². The molecule has 10 atom stereocenters. The van der Waals surface area contributed by atoms with Gasteiger partial charge in [-0.1, -0.05) is 62.4 Å². The SMILES string of the molecule is CC(=O)O[C@@]12COC1C[C@H](O)[C@@]1(C)C(=O)[C@H](O)C3=C(C)[C@@H](OC(=O)C(=O)[C@@H](NC(=O)OC(C)(C)C)c4ccccc4)C[C@@](O)([C@@H](OC(=O)c4ccccc4)[C@@H]12)C3(C)C. The summed E-state index contributed by atoms with van der Waals surface area (Å²) in [6.45, 7) is 11.6. The molecule has 1 unspecified atom stereocenters. The van der Waals surface area contributed by atoms with Crippen molar-refractivity contribution in [2.45, 2.75) is 122 Å². The van der Waals surface area contributed by atoms with Crippen LogP contribution in [0.3, 0.4) is 0 Å². The Morgan fingerprint density at radius 2 is 1.53 bits per heavy atom. The average Bonchev–Trinajstić information content (AvgIpc) is 3.14. The smallest absolute Gasteiger partial charge is 0.408 e. The number of nitrogens with one attached hydrogen (secondary N) is 1. The molecule has 15 heteroatoms. The highest BCUT2D eigenvalue weighted by atomic mass is 16.6. The largest absolute Gasteiger partial charge is 0.455 e. The van der Waals surface area contributed by atoms with Crippen molar-refractivity contribution < 1.29 is 67.8 Å². The monoisotopic (exact) mass is 805 g/mol. The van der Waals surface area contributed by atoms with Crippen LogP contribution in [-0.4, -0.2) is 105 Å². The Bertz CT molecular complexity index is 2020. The molecule has 1 amide bonds. The summed E-state index contributed by atoms with van der Waals surface area (Å²) in [6.07, 6.45) is -9.68. The molecule has 1 heterocycles. The van der Waals surface area contributed by atoms with Crippen LogP contribution in [0.1, 0.15) is 90.2 Å². The number of hydrogen-bond acceptors (Lipinski definition) is 14. The van der Waals surface area contributed by atoms with E-state index in [0.29, 0.717) is 0 Å². The van der Waals surface area contributed by atoms with Crippen molar-refractivity contribution in [1.29, 1.82) is 0 Å². The molecule has 312 valence electrons. The van der Waals surface area contributed by atoms with Gasteiger partial charge in [-0.25, -0.2) is 14.4 Å². The minimum absolute atomic E-state index is 0.0686. The molecule has 2 aromatic carbocycles. The summed E-state index contributed by atoms with van der Waals surface area (Å²) in [6, 6.07) is 14.2. The predicted molar refractivity (Wildman–Crippen MR) is 203 cm³/mol. The van der Waals surface area contributed by atoms with Crippen molar-refractivity contribution in [2.24, 2.45) is 16.7 Å². The number of rotatable bonds is 8. The van der Waals surface area contributed by atoms with Crippen LogP contribution in [0.15, 0.2) is 71.8 Å². The number of fused-ring (bicyclic) bond motifs is 5. The zero-order chi connectivity index (χ0) is 42.7. The standard InChI is InChI=1S/C43H51NO14/c1-22-26(55-37(51)32(48)30(24-15-11-9-12-16-24)44-38(52)58-39(3,4)5)20-43(53)35(56-36(50)25-17-13-10-14-18-25)33-41(8,34(49)31(47)29(22)40(43,6)7)27(46)19-28-42(33,21-54-28)57-23(2)45/h9-18,26-28,30-31,33,35,46-47,53H,19-21H2,1-8H3,(H,44,52)/t26-,27-,28?,30-,31+,33-,35-,41+,42-,43+/m0/s1. The zero-order valence-corrected chi connectivity index (χ0v) is 33.8. The second-order valence-electron chi connectivity index (χ2n) is 17.4. The van der Waals surface area contributed by atoms with E-state index in [4.69, 9.17) is 23.7 Å². The van der Waals surface area contributed by atoms with Crippen molar-refractivity contribution >= 4 is 35.6 Å². The van der Waals surface area contributed by atoms with Crippen molar-refractivity contribution in [3.05, 3.63) is 82.9 Å². The maximum absolute atomic E-state index is 14.9. The number of ether oxygens (including phenoxy) is 5. The fraction of sp³-hybridized carbons (Fsp3) is 0.535. The summed E-state index contributed by atoms with van der Waals surface area (Å²) in [5.74, 6) is -6.82. The van der Waals surface area contributed by atoms with Crippen molar-refractivity contribution in [1.82, 2.24) is 5.32 Å². The number of benzene rings is 2. The summed E-state index contributed by atoms with van der Waals surface area (Å²) in [7, 11) is 0. The molecular weight excluding hydrogens is 754 g/mol. The fourth-order valence-electron chi connectivity index (χ4n) is 9.45. The van der Waals surface area contributed by atoms with Gasteiger partial charge in [-0.05, 0) is 63.5 Å². The lowest BCUT2D eigenvalue weighted by molar-refractivity contribution is -0.345. The predicted octanol–water partition coefficient (Wildman–Crippen LogP) is 3.47. The molecule has 2 saturated carbocycles. The lowest BCUT2D eigenvalue weighted by Crippen LogP contribution is -2.81. The molecule has 3 aliphatic carbocycles. The van der Waals surface area contributed by atoms with E-state index in [1.54, 1.807) is 57.2 Å². The van der Waals surface area contributed by atoms with Crippen molar-refractivity contribution in [3.8, 4) is 0 Å². The fourth-order valence-corrected chi connectivity index (χ4v) is 9.45. The molecule has 6 rings (SSSR count). The van der Waals surface area contributed by atoms with Gasteiger partial charge >= 0.3 is 24.0 Å². The molecule has 0 spiro atoms. The summed E-state index contributed by atoms with van der Waals surface area (Å²) >= 11 is 0. The van der Waals surface area contributed by atoms with Gasteiger partial charge in [0.2, 0.25) is 0 Å². The Hall–Kier alpha value is -4.96. The van der Waals surface area contributed by atoms with E-state index < -0.39 is 112 Å². The molecule has 3 fully saturated rings. The Morgan fingerprint density at radius 1 is 0.931 bits per heavy atom. The Kier molecular flexibility index (Phi) is 11.0. The van der Waals surface area contributed by atoms with Crippen LogP contribution in [0.2, 0.25) is 0 Å². The van der Waals surface area contributed by atoms with Gasteiger partial charge in [0.15, 0.2) is 11.4 Å². The Labute approximate surface area is 336 Å². The summed E-state index contributed by atoms with van der Waals surface area (Å²) in [5, 5.41) is 39.8. The van der Waals surface area contributed by atoms with E-state index in [2.05, 4.69) is 5.32 Å². The molecule has 4 aliphatic rings. The lowest BCUT2D eigenvalue weighted by atomic mass is 9.44. The van der Waals surface area contributed by atoms with Gasteiger partial charge in [0.1, 0.15) is 41.7 Å². The highest BCUT2D eigenvalue weighted by molar-refractivity contribution is 6.36. The van der Waals surface area contributed by atoms with E-state index in [0.717, 1.165) is 6.92 Å². The highest BCUT2D eigenvalue weighted by Gasteiger charge is 2.78. The summed E-state index contributed by atoms with van der Waals surface area (Å²) in [4.78, 5) is 82.7. The zero-order valence-electron chi connectivity index (χ0n) is 33.8. The number of aliphatic hydroxyl groups excluding tert-OH is 2. The minimum Gasteiger partial charge on any atom is -0.455 e. The lowest BCUT2D eigenvalue weighted by Gasteiger charge is -2.67. The van der Waals surface area contributed by atoms with Crippen molar-refractivity contribution in [2.75, 3.05) is 6.61 Å². The summed E-state index contributed by atoms with van der Waals surface area (Å²) < 4.78 is 29.3. The molecular formula is C43H51NO14. The van der Waals surface area contributed by atoms with Crippen LogP contribution in [0.4, 0.5) is 4.79 Å². The average molecular weight is 806 g/mol. The van der Waals surface area contributed by atoms with Crippen LogP contribution in [0, 0.1) is 16.7 Å². The van der Waals surface area contributed by atoms with E-state index in [1.165, 1.54) is 52.0 Å². The second kappa shape index (κ2) is 15.0. The summed E-state index contributed by atoms with van der Waals surface area (Å²) in [5.41, 5.74) is -8.43. The third-order valence-corrected chi connectivity index (χ3v) is 12.4. The highest BCUT2D eigenvalue weighted by Crippen LogP contribution is 2.64. The normalized spacial score (nSPS) is 33.1. The third-order valence-electron chi connectivity index (χ3n) is 12.4. The first kappa shape index (κ1) is 42.6. The number of esters is 3. The first-order valence-corrected chi connectivity index (χ1v) is 19.2. The molecule has 2 aromatic rings. The van der Waals surface area contributed by atoms with Gasteiger partial charge in [0, 0.05) is 25.2 Å². The van der Waals surface area contributed by atoms with E-state index >= 15 is 0 Å². The van der Waals surface area contributed by atoms with Crippen LogP contribution >= 0.6 is 0 Å². The van der Waals surface area contributed by atoms with Gasteiger partial charge in [0.05, 0.1) is 29.6 Å². The van der Waals surface area contributed by atoms with Gasteiger partial charge in [-0.15, -0.1) is 0 Å². The van der Waals surface area contributed by atoms with E-state index in [1.807, 2.05) is 0 Å².